The van der Waals surface area contributed by atoms with E-state index in [0.717, 1.165) is 41.6 Å². The molecule has 2 aliphatic rings. The van der Waals surface area contributed by atoms with Gasteiger partial charge in [-0.2, -0.15) is 0 Å². The number of amides is 1. The summed E-state index contributed by atoms with van der Waals surface area (Å²) < 4.78 is 11.8. The lowest BCUT2D eigenvalue weighted by Gasteiger charge is -2.29. The average Bonchev–Trinajstić information content (AvgIpc) is 3.12. The van der Waals surface area contributed by atoms with Crippen molar-refractivity contribution >= 4 is 28.6 Å². The minimum atomic E-state index is 0.0523. The molecule has 154 valence electrons. The van der Waals surface area contributed by atoms with Crippen molar-refractivity contribution in [2.45, 2.75) is 46.6 Å². The maximum atomic E-state index is 13.0. The molecule has 2 aromatic rings. The third-order valence-corrected chi connectivity index (χ3v) is 6.58. The number of benzene rings is 2. The van der Waals surface area contributed by atoms with E-state index in [-0.39, 0.29) is 17.4 Å². The number of carbonyl (C=O) groups excluding carboxylic acids is 1. The zero-order valence-corrected chi connectivity index (χ0v) is 18.0. The summed E-state index contributed by atoms with van der Waals surface area (Å²) in [6, 6.07) is 7.99. The molecule has 1 unspecified atom stereocenters. The third kappa shape index (κ3) is 3.59. The van der Waals surface area contributed by atoms with Crippen molar-refractivity contribution in [3.63, 3.8) is 0 Å². The lowest BCUT2D eigenvalue weighted by Crippen LogP contribution is -2.35. The molecule has 1 fully saturated rings. The highest BCUT2D eigenvalue weighted by Crippen LogP contribution is 2.38. The molecule has 0 spiro atoms. The molecule has 2 heterocycles. The first-order chi connectivity index (χ1) is 13.8. The van der Waals surface area contributed by atoms with E-state index in [4.69, 9.17) is 9.47 Å². The summed E-state index contributed by atoms with van der Waals surface area (Å²) in [5.74, 6) is 1.97. The minimum absolute atomic E-state index is 0.0523. The smallest absolute Gasteiger partial charge is 0.256 e. The van der Waals surface area contributed by atoms with E-state index in [1.54, 1.807) is 7.11 Å². The van der Waals surface area contributed by atoms with Crippen LogP contribution in [-0.2, 0) is 0 Å². The van der Waals surface area contributed by atoms with Crippen LogP contribution in [0.15, 0.2) is 29.3 Å². The van der Waals surface area contributed by atoms with Crippen molar-refractivity contribution < 1.29 is 14.3 Å². The molecule has 0 aliphatic carbocycles. The van der Waals surface area contributed by atoms with E-state index in [2.05, 4.69) is 32.7 Å². The molecule has 1 saturated heterocycles. The van der Waals surface area contributed by atoms with Crippen molar-refractivity contribution in [1.29, 1.82) is 0 Å². The van der Waals surface area contributed by atoms with E-state index in [9.17, 15) is 4.79 Å². The Kier molecular flexibility index (Phi) is 5.01. The zero-order chi connectivity index (χ0) is 20.8. The molecule has 4 rings (SSSR count). The first-order valence-electron chi connectivity index (χ1n) is 10.4. The largest absolute Gasteiger partial charge is 0.493 e. The second-order valence-electron chi connectivity index (χ2n) is 9.14. The number of rotatable bonds is 5. The standard InChI is InChI=1S/C24H30N2O3/c1-15(2)24(3,4)14-29-22-12-17-10-20-19(9-16(17)11-21(22)28-5)23(27)26-8-6-7-18(26)13-25-20/h9-13,15,18H,6-8,14H2,1-5H3. The van der Waals surface area contributed by atoms with Crippen LogP contribution in [0.1, 0.15) is 50.9 Å². The van der Waals surface area contributed by atoms with Crippen LogP contribution in [0.4, 0.5) is 5.69 Å². The number of ether oxygens (including phenoxy) is 2. The monoisotopic (exact) mass is 394 g/mol. The summed E-state index contributed by atoms with van der Waals surface area (Å²) in [7, 11) is 1.65. The molecule has 1 atom stereocenters. The first-order valence-corrected chi connectivity index (χ1v) is 10.4. The van der Waals surface area contributed by atoms with E-state index >= 15 is 0 Å². The fourth-order valence-electron chi connectivity index (χ4n) is 3.80. The molecule has 29 heavy (non-hydrogen) atoms. The van der Waals surface area contributed by atoms with E-state index in [1.165, 1.54) is 0 Å². The van der Waals surface area contributed by atoms with Gasteiger partial charge in [0.25, 0.3) is 5.91 Å². The lowest BCUT2D eigenvalue weighted by molar-refractivity contribution is 0.0775. The third-order valence-electron chi connectivity index (χ3n) is 6.58. The van der Waals surface area contributed by atoms with Gasteiger partial charge >= 0.3 is 0 Å². The van der Waals surface area contributed by atoms with Crippen LogP contribution in [0, 0.1) is 11.3 Å². The van der Waals surface area contributed by atoms with E-state index < -0.39 is 0 Å². The van der Waals surface area contributed by atoms with Gasteiger partial charge in [-0.1, -0.05) is 27.7 Å². The predicted octanol–water partition coefficient (Wildman–Crippen LogP) is 5.23. The van der Waals surface area contributed by atoms with Crippen LogP contribution in [0.2, 0.25) is 0 Å². The molecule has 2 aromatic carbocycles. The highest BCUT2D eigenvalue weighted by atomic mass is 16.5. The molecule has 1 amide bonds. The molecule has 0 bridgehead atoms. The van der Waals surface area contributed by atoms with Crippen LogP contribution in [0.25, 0.3) is 10.8 Å². The fourth-order valence-corrected chi connectivity index (χ4v) is 3.80. The molecule has 5 nitrogen and oxygen atoms in total. The minimum Gasteiger partial charge on any atom is -0.493 e. The Bertz CT molecular complexity index is 978. The molecule has 2 aliphatic heterocycles. The summed E-state index contributed by atoms with van der Waals surface area (Å²) in [6.45, 7) is 10.2. The van der Waals surface area contributed by atoms with Gasteiger partial charge in [-0.15, -0.1) is 0 Å². The molecule has 0 N–H and O–H groups in total. The lowest BCUT2D eigenvalue weighted by atomic mass is 9.82. The van der Waals surface area contributed by atoms with Gasteiger partial charge in [0.15, 0.2) is 11.5 Å². The van der Waals surface area contributed by atoms with Crippen LogP contribution in [0.5, 0.6) is 11.5 Å². The summed E-state index contributed by atoms with van der Waals surface area (Å²) in [6.07, 6.45) is 3.95. The van der Waals surface area contributed by atoms with Gasteiger partial charge in [0, 0.05) is 18.2 Å². The van der Waals surface area contributed by atoms with E-state index in [0.29, 0.717) is 23.8 Å². The number of aliphatic imine (C=N–C) groups is 1. The Hall–Kier alpha value is -2.56. The van der Waals surface area contributed by atoms with Crippen LogP contribution in [-0.4, -0.2) is 43.3 Å². The second kappa shape index (κ2) is 7.36. The fraction of sp³-hybridized carbons (Fsp3) is 0.500. The number of fused-ring (bicyclic) bond motifs is 3. The predicted molar refractivity (Wildman–Crippen MR) is 117 cm³/mol. The van der Waals surface area contributed by atoms with Gasteiger partial charge in [0.05, 0.1) is 31.0 Å². The highest BCUT2D eigenvalue weighted by molar-refractivity contribution is 6.07. The van der Waals surface area contributed by atoms with Crippen molar-refractivity contribution in [3.8, 4) is 11.5 Å². The van der Waals surface area contributed by atoms with E-state index in [1.807, 2.05) is 35.4 Å². The number of carbonyl (C=O) groups is 1. The normalized spacial score (nSPS) is 18.8. The van der Waals surface area contributed by atoms with Gasteiger partial charge in [-0.05, 0) is 53.8 Å². The number of hydrogen-bond acceptors (Lipinski definition) is 4. The van der Waals surface area contributed by atoms with Crippen molar-refractivity contribution in [3.05, 3.63) is 29.8 Å². The Morgan fingerprint density at radius 3 is 2.62 bits per heavy atom. The SMILES string of the molecule is COc1cc2cc3c(cc2cc1OCC(C)(C)C(C)C)N=CC1CCCN1C3=O. The van der Waals surface area contributed by atoms with Crippen LogP contribution < -0.4 is 9.47 Å². The van der Waals surface area contributed by atoms with Crippen LogP contribution >= 0.6 is 0 Å². The summed E-state index contributed by atoms with van der Waals surface area (Å²) in [5, 5.41) is 1.95. The molecule has 0 saturated carbocycles. The molecule has 0 radical (unpaired) electrons. The second-order valence-corrected chi connectivity index (χ2v) is 9.14. The summed E-state index contributed by atoms with van der Waals surface area (Å²) in [5.41, 5.74) is 1.45. The molecular weight excluding hydrogens is 364 g/mol. The van der Waals surface area contributed by atoms with Crippen LogP contribution in [0.3, 0.4) is 0 Å². The van der Waals surface area contributed by atoms with Gasteiger partial charge in [0.2, 0.25) is 0 Å². The Balaban J connectivity index is 1.73. The summed E-state index contributed by atoms with van der Waals surface area (Å²) in [4.78, 5) is 19.6. The van der Waals surface area contributed by atoms with Crippen molar-refractivity contribution in [2.75, 3.05) is 20.3 Å². The van der Waals surface area contributed by atoms with Crippen molar-refractivity contribution in [2.24, 2.45) is 16.3 Å². The number of hydrogen-bond donors (Lipinski definition) is 0. The maximum Gasteiger partial charge on any atom is 0.256 e. The highest BCUT2D eigenvalue weighted by Gasteiger charge is 2.32. The average molecular weight is 395 g/mol. The Morgan fingerprint density at radius 2 is 1.90 bits per heavy atom. The van der Waals surface area contributed by atoms with Gasteiger partial charge in [-0.3, -0.25) is 9.79 Å². The van der Waals surface area contributed by atoms with Gasteiger partial charge < -0.3 is 14.4 Å². The van der Waals surface area contributed by atoms with Crippen molar-refractivity contribution in [1.82, 2.24) is 4.90 Å². The zero-order valence-electron chi connectivity index (χ0n) is 18.0. The Labute approximate surface area is 172 Å². The molecule has 5 heteroatoms. The molecule has 0 aromatic heterocycles. The quantitative estimate of drug-likeness (QED) is 0.698. The Morgan fingerprint density at radius 1 is 1.17 bits per heavy atom. The maximum absolute atomic E-state index is 13.0. The molecular formula is C24H30N2O3. The van der Waals surface area contributed by atoms with Gasteiger partial charge in [-0.25, -0.2) is 0 Å². The number of nitrogens with zero attached hydrogens (tertiary/aromatic N) is 2. The summed E-state index contributed by atoms with van der Waals surface area (Å²) >= 11 is 0. The topological polar surface area (TPSA) is 51.1 Å². The number of methoxy groups -OCH3 is 1. The van der Waals surface area contributed by atoms with Gasteiger partial charge in [0.1, 0.15) is 0 Å². The first kappa shape index (κ1) is 19.7.